The standard InChI is InChI=1S/C26H27ClF3N3O3/c1-16-12-20(27)5-2-18(16)13-22(23(34)32-15-17-8-11-31-14-17)33-24(35)25(9-10-25)19-3-6-21(7-4-19)36-26(28,29)30/h2-7,12,15,17,22,31H,8-11,13-14H2,1H3,(H,33,35). The number of aliphatic imine (C=N–C) groups is 1. The Hall–Kier alpha value is -2.91. The fourth-order valence-electron chi connectivity index (χ4n) is 4.43. The van der Waals surface area contributed by atoms with Crippen molar-refractivity contribution >= 4 is 29.6 Å². The minimum atomic E-state index is -4.79. The Kier molecular flexibility index (Phi) is 7.70. The van der Waals surface area contributed by atoms with Gasteiger partial charge in [0, 0.05) is 30.1 Å². The van der Waals surface area contributed by atoms with Gasteiger partial charge in [-0.2, -0.15) is 0 Å². The van der Waals surface area contributed by atoms with Gasteiger partial charge >= 0.3 is 6.36 Å². The Morgan fingerprint density at radius 2 is 1.97 bits per heavy atom. The average Bonchev–Trinajstić information content (AvgIpc) is 3.46. The Morgan fingerprint density at radius 3 is 2.56 bits per heavy atom. The number of aryl methyl sites for hydroxylation is 1. The molecule has 1 heterocycles. The summed E-state index contributed by atoms with van der Waals surface area (Å²) in [5.41, 5.74) is 1.42. The number of halogens is 4. The van der Waals surface area contributed by atoms with Gasteiger partial charge in [-0.15, -0.1) is 13.2 Å². The highest BCUT2D eigenvalue weighted by Gasteiger charge is 2.52. The summed E-state index contributed by atoms with van der Waals surface area (Å²) in [7, 11) is 0. The summed E-state index contributed by atoms with van der Waals surface area (Å²) in [6.45, 7) is 3.50. The molecule has 0 spiro atoms. The minimum Gasteiger partial charge on any atom is -0.406 e. The van der Waals surface area contributed by atoms with Crippen LogP contribution >= 0.6 is 11.6 Å². The Balaban J connectivity index is 1.52. The van der Waals surface area contributed by atoms with Gasteiger partial charge in [0.25, 0.3) is 5.91 Å². The van der Waals surface area contributed by atoms with Crippen LogP contribution in [0.2, 0.25) is 5.02 Å². The van der Waals surface area contributed by atoms with Crippen LogP contribution in [-0.4, -0.2) is 43.5 Å². The third kappa shape index (κ3) is 6.44. The van der Waals surface area contributed by atoms with Gasteiger partial charge < -0.3 is 15.4 Å². The van der Waals surface area contributed by atoms with Crippen molar-refractivity contribution in [2.75, 3.05) is 13.1 Å². The zero-order valence-electron chi connectivity index (χ0n) is 19.7. The number of nitrogens with one attached hydrogen (secondary N) is 2. The first-order valence-corrected chi connectivity index (χ1v) is 12.1. The highest BCUT2D eigenvalue weighted by Crippen LogP contribution is 2.49. The van der Waals surface area contributed by atoms with Crippen molar-refractivity contribution in [2.24, 2.45) is 10.9 Å². The molecule has 0 aromatic heterocycles. The van der Waals surface area contributed by atoms with E-state index in [1.165, 1.54) is 24.3 Å². The van der Waals surface area contributed by atoms with E-state index < -0.39 is 23.7 Å². The first-order chi connectivity index (χ1) is 17.1. The van der Waals surface area contributed by atoms with Gasteiger partial charge in [-0.1, -0.05) is 29.8 Å². The number of rotatable bonds is 8. The number of alkyl halides is 3. The highest BCUT2D eigenvalue weighted by molar-refractivity contribution is 6.30. The number of ether oxygens (including phenoxy) is 1. The van der Waals surface area contributed by atoms with E-state index in [9.17, 15) is 22.8 Å². The molecule has 36 heavy (non-hydrogen) atoms. The van der Waals surface area contributed by atoms with E-state index in [2.05, 4.69) is 20.4 Å². The van der Waals surface area contributed by atoms with Gasteiger partial charge in [-0.25, -0.2) is 4.99 Å². The van der Waals surface area contributed by atoms with Gasteiger partial charge in [0.15, 0.2) is 0 Å². The third-order valence-corrected chi connectivity index (χ3v) is 6.90. The second kappa shape index (κ2) is 10.6. The molecule has 2 amide bonds. The number of hydrogen-bond acceptors (Lipinski definition) is 4. The number of nitrogens with zero attached hydrogens (tertiary/aromatic N) is 1. The van der Waals surface area contributed by atoms with Crippen LogP contribution in [0.5, 0.6) is 5.75 Å². The molecular weight excluding hydrogens is 495 g/mol. The lowest BCUT2D eigenvalue weighted by atomic mass is 9.93. The van der Waals surface area contributed by atoms with Crippen LogP contribution in [0, 0.1) is 12.8 Å². The SMILES string of the molecule is Cc1cc(Cl)ccc1CC(NC(=O)C1(c2ccc(OC(F)(F)F)cc2)CC1)C(=O)N=CC1CCNC1. The molecule has 2 N–H and O–H groups in total. The zero-order valence-corrected chi connectivity index (χ0v) is 20.5. The lowest BCUT2D eigenvalue weighted by Crippen LogP contribution is -2.46. The molecule has 2 unspecified atom stereocenters. The van der Waals surface area contributed by atoms with Crippen molar-refractivity contribution in [3.05, 3.63) is 64.2 Å². The second-order valence-corrected chi connectivity index (χ2v) is 9.76. The van der Waals surface area contributed by atoms with Gasteiger partial charge in [-0.3, -0.25) is 9.59 Å². The molecule has 192 valence electrons. The van der Waals surface area contributed by atoms with Crippen LogP contribution in [0.25, 0.3) is 0 Å². The van der Waals surface area contributed by atoms with E-state index in [1.54, 1.807) is 18.3 Å². The van der Waals surface area contributed by atoms with Gasteiger partial charge in [-0.05, 0) is 73.7 Å². The van der Waals surface area contributed by atoms with Gasteiger partial charge in [0.2, 0.25) is 5.91 Å². The number of carbonyl (C=O) groups excluding carboxylic acids is 2. The van der Waals surface area contributed by atoms with Crippen LogP contribution in [0.1, 0.15) is 36.0 Å². The van der Waals surface area contributed by atoms with Crippen molar-refractivity contribution in [3.8, 4) is 5.75 Å². The Bertz CT molecular complexity index is 1140. The normalized spacial score (nSPS) is 19.8. The molecule has 2 atom stereocenters. The van der Waals surface area contributed by atoms with Crippen LogP contribution < -0.4 is 15.4 Å². The average molecular weight is 522 g/mol. The van der Waals surface area contributed by atoms with Gasteiger partial charge in [0.1, 0.15) is 11.8 Å². The molecule has 2 aromatic carbocycles. The highest BCUT2D eigenvalue weighted by atomic mass is 35.5. The van der Waals surface area contributed by atoms with E-state index in [-0.39, 0.29) is 24.0 Å². The Labute approximate surface area is 212 Å². The first-order valence-electron chi connectivity index (χ1n) is 11.8. The predicted molar refractivity (Wildman–Crippen MR) is 130 cm³/mol. The van der Waals surface area contributed by atoms with Crippen LogP contribution in [0.3, 0.4) is 0 Å². The maximum Gasteiger partial charge on any atom is 0.573 e. The molecule has 0 radical (unpaired) electrons. The topological polar surface area (TPSA) is 79.8 Å². The summed E-state index contributed by atoms with van der Waals surface area (Å²) in [5, 5.41) is 6.67. The molecule has 1 saturated heterocycles. The van der Waals surface area contributed by atoms with Crippen molar-refractivity contribution in [1.29, 1.82) is 0 Å². The van der Waals surface area contributed by atoms with E-state index in [0.717, 1.165) is 30.6 Å². The molecule has 4 rings (SSSR count). The number of amides is 2. The molecule has 2 aliphatic rings. The molecular formula is C26H27ClF3N3O3. The van der Waals surface area contributed by atoms with E-state index in [0.29, 0.717) is 23.4 Å². The first kappa shape index (κ1) is 26.2. The van der Waals surface area contributed by atoms with E-state index in [1.807, 2.05) is 13.0 Å². The smallest absolute Gasteiger partial charge is 0.406 e. The molecule has 2 fully saturated rings. The number of benzene rings is 2. The zero-order chi connectivity index (χ0) is 25.9. The molecule has 1 aliphatic heterocycles. The molecule has 6 nitrogen and oxygen atoms in total. The second-order valence-electron chi connectivity index (χ2n) is 9.32. The maximum atomic E-state index is 13.4. The lowest BCUT2D eigenvalue weighted by Gasteiger charge is -2.22. The number of carbonyl (C=O) groups is 2. The summed E-state index contributed by atoms with van der Waals surface area (Å²) in [5.74, 6) is -0.997. The van der Waals surface area contributed by atoms with E-state index in [4.69, 9.17) is 11.6 Å². The van der Waals surface area contributed by atoms with Crippen molar-refractivity contribution < 1.29 is 27.5 Å². The summed E-state index contributed by atoms with van der Waals surface area (Å²) in [6.07, 6.45) is -0.975. The quantitative estimate of drug-likeness (QED) is 0.501. The summed E-state index contributed by atoms with van der Waals surface area (Å²) in [6, 6.07) is 9.74. The molecule has 1 saturated carbocycles. The summed E-state index contributed by atoms with van der Waals surface area (Å²) in [4.78, 5) is 30.6. The van der Waals surface area contributed by atoms with Crippen LogP contribution in [-0.2, 0) is 21.4 Å². The predicted octanol–water partition coefficient (Wildman–Crippen LogP) is 4.51. The largest absolute Gasteiger partial charge is 0.573 e. The number of hydrogen-bond donors (Lipinski definition) is 2. The summed E-state index contributed by atoms with van der Waals surface area (Å²) >= 11 is 6.07. The maximum absolute atomic E-state index is 13.4. The fraction of sp³-hybridized carbons (Fsp3) is 0.423. The van der Waals surface area contributed by atoms with Gasteiger partial charge in [0.05, 0.1) is 5.41 Å². The fourth-order valence-corrected chi connectivity index (χ4v) is 4.65. The minimum absolute atomic E-state index is 0.162. The third-order valence-electron chi connectivity index (χ3n) is 6.67. The summed E-state index contributed by atoms with van der Waals surface area (Å²) < 4.78 is 41.4. The van der Waals surface area contributed by atoms with Crippen LogP contribution in [0.4, 0.5) is 13.2 Å². The van der Waals surface area contributed by atoms with E-state index >= 15 is 0 Å². The monoisotopic (exact) mass is 521 g/mol. The molecule has 1 aliphatic carbocycles. The van der Waals surface area contributed by atoms with Crippen molar-refractivity contribution in [1.82, 2.24) is 10.6 Å². The lowest BCUT2D eigenvalue weighted by molar-refractivity contribution is -0.274. The van der Waals surface area contributed by atoms with Crippen molar-refractivity contribution in [3.63, 3.8) is 0 Å². The van der Waals surface area contributed by atoms with Crippen molar-refractivity contribution in [2.45, 2.75) is 50.4 Å². The Morgan fingerprint density at radius 1 is 1.25 bits per heavy atom. The molecule has 2 aromatic rings. The van der Waals surface area contributed by atoms with Crippen LogP contribution in [0.15, 0.2) is 47.5 Å². The molecule has 10 heteroatoms. The molecule has 0 bridgehead atoms.